The lowest BCUT2D eigenvalue weighted by atomic mass is 10.1. The van der Waals surface area contributed by atoms with Crippen LogP contribution in [0.2, 0.25) is 0 Å². The van der Waals surface area contributed by atoms with Crippen LogP contribution in [0, 0.1) is 3.57 Å². The lowest BCUT2D eigenvalue weighted by molar-refractivity contribution is 1.15. The maximum Gasteiger partial charge on any atom is 0.116 e. The predicted molar refractivity (Wildman–Crippen MR) is 60.2 cm³/mol. The highest BCUT2D eigenvalue weighted by atomic mass is 127. The van der Waals surface area contributed by atoms with Crippen molar-refractivity contribution < 1.29 is 0 Å². The zero-order valence-electron chi connectivity index (χ0n) is 6.81. The first-order valence-corrected chi connectivity index (χ1v) is 4.97. The Labute approximate surface area is 90.2 Å². The van der Waals surface area contributed by atoms with E-state index >= 15 is 0 Å². The van der Waals surface area contributed by atoms with Crippen LogP contribution in [0.1, 0.15) is 0 Å². The molecule has 0 aliphatic rings. The monoisotopic (exact) mass is 282 g/mol. The van der Waals surface area contributed by atoms with Crippen molar-refractivity contribution in [3.63, 3.8) is 0 Å². The Balaban J connectivity index is 2.54. The van der Waals surface area contributed by atoms with Crippen molar-refractivity contribution in [2.24, 2.45) is 0 Å². The first-order valence-electron chi connectivity index (χ1n) is 3.89. The summed E-state index contributed by atoms with van der Waals surface area (Å²) >= 11 is 2.24. The summed E-state index contributed by atoms with van der Waals surface area (Å²) in [5, 5.41) is 0. The Morgan fingerprint density at radius 1 is 1.08 bits per heavy atom. The fourth-order valence-corrected chi connectivity index (χ4v) is 1.73. The highest BCUT2D eigenvalue weighted by molar-refractivity contribution is 14.1. The molecular formula is C10H7IN2. The number of rotatable bonds is 1. The summed E-state index contributed by atoms with van der Waals surface area (Å²) < 4.78 is 1.08. The van der Waals surface area contributed by atoms with Crippen LogP contribution in [0.3, 0.4) is 0 Å². The fraction of sp³-hybridized carbons (Fsp3) is 0. The number of hydrogen-bond acceptors (Lipinski definition) is 2. The standard InChI is InChI=1S/C10H7IN2/c11-9-6-12-7-13-10(9)8-4-2-1-3-5-8/h1-7H. The molecule has 1 aromatic carbocycles. The molecule has 0 spiro atoms. The first-order chi connectivity index (χ1) is 6.38. The van der Waals surface area contributed by atoms with E-state index in [1.165, 1.54) is 0 Å². The lowest BCUT2D eigenvalue weighted by Crippen LogP contribution is -1.88. The summed E-state index contributed by atoms with van der Waals surface area (Å²) in [4.78, 5) is 8.18. The van der Waals surface area contributed by atoms with Gasteiger partial charge >= 0.3 is 0 Å². The minimum Gasteiger partial charge on any atom is -0.244 e. The summed E-state index contributed by atoms with van der Waals surface area (Å²) in [5.41, 5.74) is 2.13. The Morgan fingerprint density at radius 3 is 2.54 bits per heavy atom. The number of aromatic nitrogens is 2. The highest BCUT2D eigenvalue weighted by Gasteiger charge is 2.01. The highest BCUT2D eigenvalue weighted by Crippen LogP contribution is 2.20. The van der Waals surface area contributed by atoms with Gasteiger partial charge in [0.1, 0.15) is 6.33 Å². The van der Waals surface area contributed by atoms with Gasteiger partial charge in [0, 0.05) is 11.8 Å². The molecular weight excluding hydrogens is 275 g/mol. The molecule has 0 aliphatic heterocycles. The van der Waals surface area contributed by atoms with E-state index < -0.39 is 0 Å². The minimum atomic E-state index is 0.996. The van der Waals surface area contributed by atoms with Gasteiger partial charge in [-0.1, -0.05) is 30.3 Å². The van der Waals surface area contributed by atoms with Gasteiger partial charge in [0.05, 0.1) is 9.26 Å². The van der Waals surface area contributed by atoms with Gasteiger partial charge in [-0.15, -0.1) is 0 Å². The van der Waals surface area contributed by atoms with Crippen LogP contribution < -0.4 is 0 Å². The average molecular weight is 282 g/mol. The smallest absolute Gasteiger partial charge is 0.116 e. The van der Waals surface area contributed by atoms with E-state index in [0.29, 0.717) is 0 Å². The second-order valence-electron chi connectivity index (χ2n) is 2.59. The van der Waals surface area contributed by atoms with Crippen LogP contribution in [-0.4, -0.2) is 9.97 Å². The molecule has 2 aromatic rings. The van der Waals surface area contributed by atoms with Crippen LogP contribution >= 0.6 is 22.6 Å². The lowest BCUT2D eigenvalue weighted by Gasteiger charge is -2.00. The summed E-state index contributed by atoms with van der Waals surface area (Å²) in [6.45, 7) is 0. The maximum absolute atomic E-state index is 4.23. The van der Waals surface area contributed by atoms with E-state index in [0.717, 1.165) is 14.8 Å². The van der Waals surface area contributed by atoms with Crippen molar-refractivity contribution in [2.75, 3.05) is 0 Å². The maximum atomic E-state index is 4.23. The van der Waals surface area contributed by atoms with Crippen molar-refractivity contribution in [1.82, 2.24) is 9.97 Å². The quantitative estimate of drug-likeness (QED) is 0.752. The van der Waals surface area contributed by atoms with E-state index in [1.807, 2.05) is 36.5 Å². The van der Waals surface area contributed by atoms with Gasteiger partial charge in [-0.25, -0.2) is 9.97 Å². The summed E-state index contributed by atoms with van der Waals surface area (Å²) in [7, 11) is 0. The molecule has 0 aliphatic carbocycles. The SMILES string of the molecule is Ic1cncnc1-c1ccccc1. The van der Waals surface area contributed by atoms with E-state index in [4.69, 9.17) is 0 Å². The molecule has 0 saturated heterocycles. The largest absolute Gasteiger partial charge is 0.244 e. The van der Waals surface area contributed by atoms with E-state index in [2.05, 4.69) is 32.6 Å². The number of halogens is 1. The first kappa shape index (κ1) is 8.62. The Bertz CT molecular complexity index is 401. The second-order valence-corrected chi connectivity index (χ2v) is 3.75. The van der Waals surface area contributed by atoms with Crippen LogP contribution in [0.25, 0.3) is 11.3 Å². The Hall–Kier alpha value is -0.970. The third-order valence-corrected chi connectivity index (χ3v) is 2.50. The molecule has 0 bridgehead atoms. The third kappa shape index (κ3) is 1.85. The molecule has 2 rings (SSSR count). The van der Waals surface area contributed by atoms with Crippen LogP contribution in [-0.2, 0) is 0 Å². The van der Waals surface area contributed by atoms with Crippen LogP contribution in [0.15, 0.2) is 42.9 Å². The molecule has 0 amide bonds. The Morgan fingerprint density at radius 2 is 1.85 bits per heavy atom. The number of nitrogens with zero attached hydrogens (tertiary/aromatic N) is 2. The zero-order chi connectivity index (χ0) is 9.10. The minimum absolute atomic E-state index is 0.996. The summed E-state index contributed by atoms with van der Waals surface area (Å²) in [5.74, 6) is 0. The predicted octanol–water partition coefficient (Wildman–Crippen LogP) is 2.75. The molecule has 1 aromatic heterocycles. The van der Waals surface area contributed by atoms with Gasteiger partial charge in [0.15, 0.2) is 0 Å². The van der Waals surface area contributed by atoms with Gasteiger partial charge in [0.25, 0.3) is 0 Å². The van der Waals surface area contributed by atoms with E-state index in [9.17, 15) is 0 Å². The van der Waals surface area contributed by atoms with Crippen molar-refractivity contribution in [2.45, 2.75) is 0 Å². The molecule has 0 fully saturated rings. The van der Waals surface area contributed by atoms with Gasteiger partial charge in [-0.3, -0.25) is 0 Å². The normalized spacial score (nSPS) is 9.92. The third-order valence-electron chi connectivity index (χ3n) is 1.71. The molecule has 0 N–H and O–H groups in total. The number of hydrogen-bond donors (Lipinski definition) is 0. The van der Waals surface area contributed by atoms with Gasteiger partial charge in [-0.2, -0.15) is 0 Å². The molecule has 0 unspecified atom stereocenters. The Kier molecular flexibility index (Phi) is 2.54. The van der Waals surface area contributed by atoms with Crippen molar-refractivity contribution in [1.29, 1.82) is 0 Å². The van der Waals surface area contributed by atoms with E-state index in [1.54, 1.807) is 6.33 Å². The fourth-order valence-electron chi connectivity index (χ4n) is 1.12. The van der Waals surface area contributed by atoms with Crippen LogP contribution in [0.5, 0.6) is 0 Å². The van der Waals surface area contributed by atoms with Crippen molar-refractivity contribution in [3.8, 4) is 11.3 Å². The van der Waals surface area contributed by atoms with Gasteiger partial charge < -0.3 is 0 Å². The van der Waals surface area contributed by atoms with Gasteiger partial charge in [0.2, 0.25) is 0 Å². The molecule has 64 valence electrons. The molecule has 0 atom stereocenters. The van der Waals surface area contributed by atoms with Gasteiger partial charge in [-0.05, 0) is 22.6 Å². The van der Waals surface area contributed by atoms with Crippen LogP contribution in [0.4, 0.5) is 0 Å². The topological polar surface area (TPSA) is 25.8 Å². The summed E-state index contributed by atoms with van der Waals surface area (Å²) in [6.07, 6.45) is 3.39. The second kappa shape index (κ2) is 3.83. The molecule has 3 heteroatoms. The average Bonchev–Trinajstić information content (AvgIpc) is 2.20. The summed E-state index contributed by atoms with van der Waals surface area (Å²) in [6, 6.07) is 10.1. The van der Waals surface area contributed by atoms with E-state index in [-0.39, 0.29) is 0 Å². The molecule has 13 heavy (non-hydrogen) atoms. The number of benzene rings is 1. The molecule has 0 radical (unpaired) electrons. The molecule has 1 heterocycles. The van der Waals surface area contributed by atoms with Crippen molar-refractivity contribution >= 4 is 22.6 Å². The molecule has 2 nitrogen and oxygen atoms in total. The van der Waals surface area contributed by atoms with Crippen molar-refractivity contribution in [3.05, 3.63) is 46.4 Å². The molecule has 0 saturated carbocycles. The zero-order valence-corrected chi connectivity index (χ0v) is 8.97.